The molecule has 10 heteroatoms. The third kappa shape index (κ3) is 5.09. The Morgan fingerprint density at radius 1 is 0.750 bits per heavy atom. The minimum Gasteiger partial charge on any atom is -0.493 e. The number of piperazine rings is 1. The van der Waals surface area contributed by atoms with E-state index in [0.717, 1.165) is 12.0 Å². The second-order valence-corrected chi connectivity index (χ2v) is 11.9. The fraction of sp³-hybridized carbons (Fsp3) is 0.455. The Balaban J connectivity index is 1.72. The minimum atomic E-state index is -3.79. The van der Waals surface area contributed by atoms with Crippen molar-refractivity contribution >= 4 is 20.0 Å². The summed E-state index contributed by atoms with van der Waals surface area (Å²) in [5, 5.41) is 0. The summed E-state index contributed by atoms with van der Waals surface area (Å²) in [7, 11) is -4.57. The normalized spacial score (nSPS) is 16.3. The van der Waals surface area contributed by atoms with Crippen molar-refractivity contribution in [3.63, 3.8) is 0 Å². The Bertz CT molecular complexity index is 1140. The number of hydrogen-bond acceptors (Lipinski definition) is 6. The number of rotatable bonds is 8. The minimum absolute atomic E-state index is 0.0708. The first-order valence-electron chi connectivity index (χ1n) is 10.4. The Morgan fingerprint density at radius 3 is 1.69 bits per heavy atom. The third-order valence-electron chi connectivity index (χ3n) is 5.40. The van der Waals surface area contributed by atoms with E-state index in [9.17, 15) is 16.8 Å². The summed E-state index contributed by atoms with van der Waals surface area (Å²) in [4.78, 5) is 0.299. The monoisotopic (exact) mass is 482 g/mol. The molecule has 0 unspecified atom stereocenters. The molecule has 1 aliphatic rings. The highest BCUT2D eigenvalue weighted by Gasteiger charge is 2.34. The quantitative estimate of drug-likeness (QED) is 0.574. The zero-order valence-electron chi connectivity index (χ0n) is 18.8. The lowest BCUT2D eigenvalue weighted by Gasteiger charge is -2.33. The van der Waals surface area contributed by atoms with E-state index in [4.69, 9.17) is 9.47 Å². The van der Waals surface area contributed by atoms with Crippen LogP contribution in [0.1, 0.15) is 19.4 Å². The van der Waals surface area contributed by atoms with Crippen molar-refractivity contribution in [1.29, 1.82) is 0 Å². The molecule has 0 N–H and O–H groups in total. The summed E-state index contributed by atoms with van der Waals surface area (Å²) in [6.45, 7) is 4.54. The van der Waals surface area contributed by atoms with E-state index in [1.807, 2.05) is 12.1 Å². The molecule has 0 bridgehead atoms. The van der Waals surface area contributed by atoms with Crippen molar-refractivity contribution in [2.45, 2.75) is 30.1 Å². The SMILES string of the molecule is COc1ccc(S(=O)(=O)N2CCN(S(=O)(=O)c3ccc(CC(C)C)cc3)CC2)cc1OC. The lowest BCUT2D eigenvalue weighted by atomic mass is 10.0. The Hall–Kier alpha value is -2.14. The predicted molar refractivity (Wildman–Crippen MR) is 122 cm³/mol. The highest BCUT2D eigenvalue weighted by Crippen LogP contribution is 2.31. The van der Waals surface area contributed by atoms with Gasteiger partial charge in [-0.25, -0.2) is 16.8 Å². The van der Waals surface area contributed by atoms with Gasteiger partial charge >= 0.3 is 0 Å². The number of ether oxygens (including phenoxy) is 2. The standard InChI is InChI=1S/C22H30N2O6S2/c1-17(2)15-18-5-7-19(8-6-18)31(25,26)23-11-13-24(14-12-23)32(27,28)20-9-10-21(29-3)22(16-20)30-4/h5-10,16-17H,11-15H2,1-4H3. The summed E-state index contributed by atoms with van der Waals surface area (Å²) >= 11 is 0. The number of nitrogens with zero attached hydrogens (tertiary/aromatic N) is 2. The maximum Gasteiger partial charge on any atom is 0.243 e. The van der Waals surface area contributed by atoms with Crippen molar-refractivity contribution in [3.8, 4) is 11.5 Å². The molecule has 0 amide bonds. The molecular weight excluding hydrogens is 452 g/mol. The number of methoxy groups -OCH3 is 2. The van der Waals surface area contributed by atoms with Gasteiger partial charge in [0.25, 0.3) is 0 Å². The molecule has 0 spiro atoms. The van der Waals surface area contributed by atoms with E-state index in [-0.39, 0.29) is 36.0 Å². The fourth-order valence-electron chi connectivity index (χ4n) is 3.69. The summed E-state index contributed by atoms with van der Waals surface area (Å²) in [5.41, 5.74) is 1.09. The molecule has 2 aromatic carbocycles. The van der Waals surface area contributed by atoms with Crippen LogP contribution in [-0.2, 0) is 26.5 Å². The average Bonchev–Trinajstić information content (AvgIpc) is 2.78. The molecule has 8 nitrogen and oxygen atoms in total. The summed E-state index contributed by atoms with van der Waals surface area (Å²) in [6.07, 6.45) is 0.882. The van der Waals surface area contributed by atoms with Gasteiger partial charge in [0.1, 0.15) is 0 Å². The highest BCUT2D eigenvalue weighted by molar-refractivity contribution is 7.89. The van der Waals surface area contributed by atoms with Gasteiger partial charge in [0, 0.05) is 32.2 Å². The Kier molecular flexibility index (Phi) is 7.49. The zero-order chi connectivity index (χ0) is 23.5. The van der Waals surface area contributed by atoms with Gasteiger partial charge in [-0.05, 0) is 42.2 Å². The maximum absolute atomic E-state index is 13.1. The van der Waals surface area contributed by atoms with Crippen LogP contribution in [-0.4, -0.2) is 65.8 Å². The summed E-state index contributed by atoms with van der Waals surface area (Å²) < 4.78 is 65.2. The first-order valence-corrected chi connectivity index (χ1v) is 13.3. The molecule has 0 aliphatic carbocycles. The average molecular weight is 483 g/mol. The van der Waals surface area contributed by atoms with Crippen LogP contribution in [0.25, 0.3) is 0 Å². The molecule has 0 atom stereocenters. The second kappa shape index (κ2) is 9.78. The lowest BCUT2D eigenvalue weighted by Crippen LogP contribution is -2.50. The van der Waals surface area contributed by atoms with Crippen LogP contribution < -0.4 is 9.47 Å². The highest BCUT2D eigenvalue weighted by atomic mass is 32.2. The molecule has 3 rings (SSSR count). The van der Waals surface area contributed by atoms with E-state index in [1.165, 1.54) is 41.0 Å². The van der Waals surface area contributed by atoms with Crippen LogP contribution in [0.15, 0.2) is 52.3 Å². The topological polar surface area (TPSA) is 93.2 Å². The molecule has 1 aliphatic heterocycles. The predicted octanol–water partition coefficient (Wildman–Crippen LogP) is 2.60. The zero-order valence-corrected chi connectivity index (χ0v) is 20.4. The molecule has 0 radical (unpaired) electrons. The number of sulfonamides is 2. The molecule has 1 fully saturated rings. The molecular formula is C22H30N2O6S2. The van der Waals surface area contributed by atoms with Crippen LogP contribution in [0.5, 0.6) is 11.5 Å². The molecule has 1 saturated heterocycles. The van der Waals surface area contributed by atoms with Crippen LogP contribution in [0, 0.1) is 5.92 Å². The smallest absolute Gasteiger partial charge is 0.243 e. The first kappa shape index (κ1) is 24.5. The third-order valence-corrected chi connectivity index (χ3v) is 9.20. The van der Waals surface area contributed by atoms with E-state index < -0.39 is 20.0 Å². The first-order chi connectivity index (χ1) is 15.1. The Labute approximate surface area is 190 Å². The molecule has 32 heavy (non-hydrogen) atoms. The van der Waals surface area contributed by atoms with Gasteiger partial charge in [0.2, 0.25) is 20.0 Å². The number of hydrogen-bond donors (Lipinski definition) is 0. The van der Waals surface area contributed by atoms with E-state index in [0.29, 0.717) is 17.4 Å². The van der Waals surface area contributed by atoms with Crippen molar-refractivity contribution < 1.29 is 26.3 Å². The van der Waals surface area contributed by atoms with Gasteiger partial charge < -0.3 is 9.47 Å². The van der Waals surface area contributed by atoms with Gasteiger partial charge in [-0.2, -0.15) is 8.61 Å². The van der Waals surface area contributed by atoms with Gasteiger partial charge in [-0.3, -0.25) is 0 Å². The van der Waals surface area contributed by atoms with E-state index in [2.05, 4.69) is 13.8 Å². The molecule has 1 heterocycles. The van der Waals surface area contributed by atoms with Gasteiger partial charge in [-0.15, -0.1) is 0 Å². The summed E-state index contributed by atoms with van der Waals surface area (Å²) in [5.74, 6) is 1.23. The molecule has 2 aromatic rings. The molecule has 0 saturated carbocycles. The van der Waals surface area contributed by atoms with Crippen LogP contribution in [0.3, 0.4) is 0 Å². The van der Waals surface area contributed by atoms with Crippen LogP contribution >= 0.6 is 0 Å². The largest absolute Gasteiger partial charge is 0.493 e. The molecule has 176 valence electrons. The number of benzene rings is 2. The second-order valence-electron chi connectivity index (χ2n) is 8.07. The van der Waals surface area contributed by atoms with Gasteiger partial charge in [0.15, 0.2) is 11.5 Å². The van der Waals surface area contributed by atoms with Crippen molar-refractivity contribution in [2.24, 2.45) is 5.92 Å². The van der Waals surface area contributed by atoms with Gasteiger partial charge in [-0.1, -0.05) is 26.0 Å². The van der Waals surface area contributed by atoms with Crippen molar-refractivity contribution in [2.75, 3.05) is 40.4 Å². The lowest BCUT2D eigenvalue weighted by molar-refractivity contribution is 0.272. The molecule has 0 aromatic heterocycles. The van der Waals surface area contributed by atoms with Crippen LogP contribution in [0.4, 0.5) is 0 Å². The van der Waals surface area contributed by atoms with E-state index in [1.54, 1.807) is 12.1 Å². The maximum atomic E-state index is 13.1. The Morgan fingerprint density at radius 2 is 1.22 bits per heavy atom. The van der Waals surface area contributed by atoms with E-state index >= 15 is 0 Å². The van der Waals surface area contributed by atoms with Crippen molar-refractivity contribution in [3.05, 3.63) is 48.0 Å². The van der Waals surface area contributed by atoms with Gasteiger partial charge in [0.05, 0.1) is 24.0 Å². The van der Waals surface area contributed by atoms with Crippen molar-refractivity contribution in [1.82, 2.24) is 8.61 Å². The fourth-order valence-corrected chi connectivity index (χ4v) is 6.55. The summed E-state index contributed by atoms with van der Waals surface area (Å²) in [6, 6.07) is 11.3. The van der Waals surface area contributed by atoms with Crippen LogP contribution in [0.2, 0.25) is 0 Å².